The molecule has 0 aliphatic carbocycles. The molecular weight excluding hydrogens is 380 g/mol. The van der Waals surface area contributed by atoms with Crippen molar-refractivity contribution in [3.05, 3.63) is 65.2 Å². The van der Waals surface area contributed by atoms with E-state index in [1.807, 2.05) is 6.07 Å². The predicted octanol–water partition coefficient (Wildman–Crippen LogP) is 3.90. The summed E-state index contributed by atoms with van der Waals surface area (Å²) in [6.45, 7) is 1.35. The van der Waals surface area contributed by atoms with Gasteiger partial charge in [-0.1, -0.05) is 24.3 Å². The number of esters is 1. The second-order valence-electron chi connectivity index (χ2n) is 5.74. The van der Waals surface area contributed by atoms with E-state index in [1.165, 1.54) is 42.4 Å². The predicted molar refractivity (Wildman–Crippen MR) is 105 cm³/mol. The van der Waals surface area contributed by atoms with Crippen molar-refractivity contribution < 1.29 is 24.2 Å². The lowest BCUT2D eigenvalue weighted by atomic mass is 10.2. The zero-order chi connectivity index (χ0) is 20.1. The molecule has 2 aromatic carbocycles. The number of rotatable bonds is 6. The summed E-state index contributed by atoms with van der Waals surface area (Å²) < 4.78 is 10.6. The Morgan fingerprint density at radius 1 is 1.14 bits per heavy atom. The first kappa shape index (κ1) is 19.4. The summed E-state index contributed by atoms with van der Waals surface area (Å²) in [6, 6.07) is 13.3. The zero-order valence-electron chi connectivity index (χ0n) is 15.3. The lowest BCUT2D eigenvalue weighted by Gasteiger charge is -2.20. The van der Waals surface area contributed by atoms with Gasteiger partial charge in [0.2, 0.25) is 5.91 Å². The van der Waals surface area contributed by atoms with Gasteiger partial charge in [-0.3, -0.25) is 9.69 Å². The number of phenolic OH excluding ortho intramolecular Hbond substituents is 1. The normalized spacial score (nSPS) is 10.4. The number of thiazole rings is 1. The average molecular weight is 398 g/mol. The third-order valence-corrected chi connectivity index (χ3v) is 4.72. The quantitative estimate of drug-likeness (QED) is 0.634. The monoisotopic (exact) mass is 398 g/mol. The summed E-state index contributed by atoms with van der Waals surface area (Å²) in [4.78, 5) is 30.2. The number of aromatic nitrogens is 1. The summed E-state index contributed by atoms with van der Waals surface area (Å²) in [5, 5.41) is 11.9. The molecule has 8 heteroatoms. The molecule has 0 aliphatic heterocycles. The third kappa shape index (κ3) is 4.12. The van der Waals surface area contributed by atoms with Crippen LogP contribution in [0.1, 0.15) is 23.0 Å². The van der Waals surface area contributed by atoms with Crippen molar-refractivity contribution in [1.82, 2.24) is 4.98 Å². The minimum atomic E-state index is -0.652. The minimum absolute atomic E-state index is 0.0809. The summed E-state index contributed by atoms with van der Waals surface area (Å²) in [6.07, 6.45) is 0. The number of benzene rings is 2. The number of hydrogen-bond acceptors (Lipinski definition) is 7. The maximum atomic E-state index is 12.2. The highest BCUT2D eigenvalue weighted by atomic mass is 32.1. The van der Waals surface area contributed by atoms with Crippen LogP contribution in [-0.4, -0.2) is 29.1 Å². The molecule has 3 rings (SSSR count). The molecule has 7 nitrogen and oxygen atoms in total. The lowest BCUT2D eigenvalue weighted by Crippen LogP contribution is -2.23. The van der Waals surface area contributed by atoms with Gasteiger partial charge >= 0.3 is 5.97 Å². The second-order valence-corrected chi connectivity index (χ2v) is 6.58. The summed E-state index contributed by atoms with van der Waals surface area (Å²) in [5.74, 6) is -0.483. The molecule has 1 aromatic heterocycles. The molecule has 1 heterocycles. The second kappa shape index (κ2) is 8.53. The van der Waals surface area contributed by atoms with Crippen molar-refractivity contribution >= 4 is 34.0 Å². The molecule has 1 amide bonds. The highest BCUT2D eigenvalue weighted by Crippen LogP contribution is 2.35. The number of carbonyl (C=O) groups excluding carboxylic acids is 2. The van der Waals surface area contributed by atoms with Gasteiger partial charge in [-0.2, -0.15) is 0 Å². The Kier molecular flexibility index (Phi) is 5.90. The third-order valence-electron chi connectivity index (χ3n) is 3.85. The summed E-state index contributed by atoms with van der Waals surface area (Å²) in [5.41, 5.74) is 1.15. The first-order valence-corrected chi connectivity index (χ1v) is 9.22. The van der Waals surface area contributed by atoms with E-state index in [1.54, 1.807) is 35.7 Å². The molecule has 144 valence electrons. The zero-order valence-corrected chi connectivity index (χ0v) is 16.1. The SMILES string of the molecule is COc1ccccc1N(C(C)=O)c1nc(COC(=O)c2ccccc2O)cs1. The number of aromatic hydroxyl groups is 1. The molecule has 28 heavy (non-hydrogen) atoms. The molecule has 3 aromatic rings. The van der Waals surface area contributed by atoms with Gasteiger partial charge in [0.15, 0.2) is 5.13 Å². The molecule has 1 N–H and O–H groups in total. The molecule has 0 bridgehead atoms. The number of ether oxygens (including phenoxy) is 2. The van der Waals surface area contributed by atoms with E-state index in [-0.39, 0.29) is 23.8 Å². The van der Waals surface area contributed by atoms with E-state index >= 15 is 0 Å². The largest absolute Gasteiger partial charge is 0.507 e. The number of phenols is 1. The summed E-state index contributed by atoms with van der Waals surface area (Å²) >= 11 is 1.25. The van der Waals surface area contributed by atoms with Gasteiger partial charge in [0.05, 0.1) is 18.5 Å². The Labute approximate surface area is 165 Å². The van der Waals surface area contributed by atoms with Crippen LogP contribution in [-0.2, 0) is 16.1 Å². The Hall–Kier alpha value is -3.39. The number of carbonyl (C=O) groups is 2. The number of amides is 1. The molecule has 0 saturated heterocycles. The number of nitrogens with zero attached hydrogens (tertiary/aromatic N) is 2. The van der Waals surface area contributed by atoms with Crippen LogP contribution in [0.25, 0.3) is 0 Å². The van der Waals surface area contributed by atoms with Crippen LogP contribution in [0.3, 0.4) is 0 Å². The smallest absolute Gasteiger partial charge is 0.342 e. The van der Waals surface area contributed by atoms with Crippen molar-refractivity contribution in [2.75, 3.05) is 12.0 Å². The number of para-hydroxylation sites is 3. The van der Waals surface area contributed by atoms with E-state index in [4.69, 9.17) is 9.47 Å². The van der Waals surface area contributed by atoms with Crippen LogP contribution in [0.5, 0.6) is 11.5 Å². The van der Waals surface area contributed by atoms with Gasteiger partial charge in [0.25, 0.3) is 0 Å². The molecule has 0 saturated carbocycles. The van der Waals surface area contributed by atoms with Gasteiger partial charge in [-0.25, -0.2) is 9.78 Å². The van der Waals surface area contributed by atoms with Crippen molar-refractivity contribution in [2.24, 2.45) is 0 Å². The fraction of sp³-hybridized carbons (Fsp3) is 0.150. The first-order chi connectivity index (χ1) is 13.5. The number of methoxy groups -OCH3 is 1. The van der Waals surface area contributed by atoms with E-state index in [2.05, 4.69) is 4.98 Å². The van der Waals surface area contributed by atoms with Gasteiger partial charge in [-0.05, 0) is 24.3 Å². The van der Waals surface area contributed by atoms with Crippen molar-refractivity contribution in [3.8, 4) is 11.5 Å². The number of anilines is 2. The molecule has 0 spiro atoms. The van der Waals surface area contributed by atoms with Gasteiger partial charge in [0.1, 0.15) is 23.7 Å². The van der Waals surface area contributed by atoms with Crippen LogP contribution in [0.4, 0.5) is 10.8 Å². The lowest BCUT2D eigenvalue weighted by molar-refractivity contribution is -0.115. The minimum Gasteiger partial charge on any atom is -0.507 e. The van der Waals surface area contributed by atoms with Crippen LogP contribution >= 0.6 is 11.3 Å². The van der Waals surface area contributed by atoms with E-state index in [9.17, 15) is 14.7 Å². The Balaban J connectivity index is 1.77. The van der Waals surface area contributed by atoms with Gasteiger partial charge < -0.3 is 14.6 Å². The van der Waals surface area contributed by atoms with Crippen LogP contribution in [0.2, 0.25) is 0 Å². The standard InChI is InChI=1S/C20H18N2O5S/c1-13(23)22(16-8-4-6-10-18(16)26-2)20-21-14(12-28-20)11-27-19(25)15-7-3-5-9-17(15)24/h3-10,12,24H,11H2,1-2H3. The highest BCUT2D eigenvalue weighted by Gasteiger charge is 2.21. The molecule has 0 unspecified atom stereocenters. The van der Waals surface area contributed by atoms with E-state index < -0.39 is 5.97 Å². The molecule has 0 fully saturated rings. The first-order valence-electron chi connectivity index (χ1n) is 8.34. The molecule has 0 radical (unpaired) electrons. The fourth-order valence-electron chi connectivity index (χ4n) is 2.55. The maximum absolute atomic E-state index is 12.2. The van der Waals surface area contributed by atoms with Crippen molar-refractivity contribution in [1.29, 1.82) is 0 Å². The molecular formula is C20H18N2O5S. The topological polar surface area (TPSA) is 89.0 Å². The van der Waals surface area contributed by atoms with Crippen LogP contribution < -0.4 is 9.64 Å². The Morgan fingerprint density at radius 2 is 1.86 bits per heavy atom. The number of hydrogen-bond donors (Lipinski definition) is 1. The van der Waals surface area contributed by atoms with Crippen LogP contribution in [0.15, 0.2) is 53.9 Å². The van der Waals surface area contributed by atoms with E-state index in [0.29, 0.717) is 22.3 Å². The Morgan fingerprint density at radius 3 is 2.57 bits per heavy atom. The highest BCUT2D eigenvalue weighted by molar-refractivity contribution is 7.14. The van der Waals surface area contributed by atoms with Gasteiger partial charge in [-0.15, -0.1) is 11.3 Å². The average Bonchev–Trinajstić information content (AvgIpc) is 3.15. The Bertz CT molecular complexity index is 1000. The molecule has 0 atom stereocenters. The van der Waals surface area contributed by atoms with Crippen LogP contribution in [0, 0.1) is 0 Å². The van der Waals surface area contributed by atoms with Crippen molar-refractivity contribution in [2.45, 2.75) is 13.5 Å². The summed E-state index contributed by atoms with van der Waals surface area (Å²) in [7, 11) is 1.53. The maximum Gasteiger partial charge on any atom is 0.342 e. The van der Waals surface area contributed by atoms with E-state index in [0.717, 1.165) is 0 Å². The molecule has 0 aliphatic rings. The van der Waals surface area contributed by atoms with Crippen molar-refractivity contribution in [3.63, 3.8) is 0 Å². The van der Waals surface area contributed by atoms with Gasteiger partial charge in [0, 0.05) is 12.3 Å². The fourth-order valence-corrected chi connectivity index (χ4v) is 3.42.